The topological polar surface area (TPSA) is 78.5 Å². The van der Waals surface area contributed by atoms with Gasteiger partial charge in [-0.3, -0.25) is 14.4 Å². The lowest BCUT2D eigenvalue weighted by atomic mass is 10.0. The van der Waals surface area contributed by atoms with Crippen molar-refractivity contribution >= 4 is 17.7 Å². The molecule has 3 amide bonds. The molecular formula is C28H29N3O3. The number of nitrogens with one attached hydrogen (secondary N) is 2. The van der Waals surface area contributed by atoms with Crippen molar-refractivity contribution in [3.8, 4) is 0 Å². The maximum Gasteiger partial charge on any atom is 0.253 e. The summed E-state index contributed by atoms with van der Waals surface area (Å²) in [6.45, 7) is 1.84. The molecule has 0 aromatic heterocycles. The molecule has 1 saturated heterocycles. The Labute approximate surface area is 200 Å². The predicted octanol–water partition coefficient (Wildman–Crippen LogP) is 4.10. The van der Waals surface area contributed by atoms with Crippen LogP contribution in [0.3, 0.4) is 0 Å². The second kappa shape index (κ2) is 11.3. The molecule has 1 fully saturated rings. The summed E-state index contributed by atoms with van der Waals surface area (Å²) in [5.74, 6) is -0.605. The van der Waals surface area contributed by atoms with E-state index in [9.17, 15) is 14.4 Å². The van der Waals surface area contributed by atoms with Crippen molar-refractivity contribution in [1.82, 2.24) is 15.5 Å². The minimum atomic E-state index is -0.841. The van der Waals surface area contributed by atoms with E-state index in [1.807, 2.05) is 65.6 Å². The molecule has 1 heterocycles. The van der Waals surface area contributed by atoms with Crippen LogP contribution < -0.4 is 10.6 Å². The number of hydrogen-bond donors (Lipinski definition) is 2. The molecule has 1 unspecified atom stereocenters. The molecule has 0 spiro atoms. The highest BCUT2D eigenvalue weighted by Gasteiger charge is 2.23. The molecule has 0 aliphatic carbocycles. The Bertz CT molecular complexity index is 1130. The molecule has 3 aromatic rings. The van der Waals surface area contributed by atoms with Crippen LogP contribution in [0, 0.1) is 0 Å². The molecule has 6 nitrogen and oxygen atoms in total. The van der Waals surface area contributed by atoms with Gasteiger partial charge in [0.2, 0.25) is 5.91 Å². The van der Waals surface area contributed by atoms with Crippen LogP contribution in [0.15, 0.2) is 84.9 Å². The van der Waals surface area contributed by atoms with Gasteiger partial charge in [0.05, 0.1) is 0 Å². The summed E-state index contributed by atoms with van der Waals surface area (Å²) in [5.41, 5.74) is 2.64. The normalized spacial score (nSPS) is 14.2. The van der Waals surface area contributed by atoms with E-state index in [2.05, 4.69) is 10.6 Å². The Kier molecular flexibility index (Phi) is 7.71. The minimum Gasteiger partial charge on any atom is -0.350 e. The molecule has 0 bridgehead atoms. The lowest BCUT2D eigenvalue weighted by molar-refractivity contribution is -0.123. The van der Waals surface area contributed by atoms with Gasteiger partial charge in [-0.15, -0.1) is 0 Å². The summed E-state index contributed by atoms with van der Waals surface area (Å²) in [6, 6.07) is 24.5. The second-order valence-electron chi connectivity index (χ2n) is 8.45. The zero-order valence-electron chi connectivity index (χ0n) is 19.1. The molecule has 0 saturated carbocycles. The van der Waals surface area contributed by atoms with E-state index < -0.39 is 6.04 Å². The molecule has 1 atom stereocenters. The fourth-order valence-corrected chi connectivity index (χ4v) is 4.13. The van der Waals surface area contributed by atoms with Crippen molar-refractivity contribution in [2.75, 3.05) is 13.1 Å². The van der Waals surface area contributed by atoms with E-state index >= 15 is 0 Å². The summed E-state index contributed by atoms with van der Waals surface area (Å²) in [7, 11) is 0. The molecular weight excluding hydrogens is 426 g/mol. The smallest absolute Gasteiger partial charge is 0.253 e. The third-order valence-electron chi connectivity index (χ3n) is 5.99. The molecule has 1 aliphatic rings. The number of amides is 3. The van der Waals surface area contributed by atoms with Crippen LogP contribution in [-0.2, 0) is 11.3 Å². The molecule has 3 aromatic carbocycles. The van der Waals surface area contributed by atoms with E-state index in [4.69, 9.17) is 0 Å². The van der Waals surface area contributed by atoms with Gasteiger partial charge in [0.1, 0.15) is 6.04 Å². The fourth-order valence-electron chi connectivity index (χ4n) is 4.13. The monoisotopic (exact) mass is 455 g/mol. The van der Waals surface area contributed by atoms with Crippen molar-refractivity contribution in [3.63, 3.8) is 0 Å². The lowest BCUT2D eigenvalue weighted by Gasteiger charge is -2.26. The zero-order chi connectivity index (χ0) is 23.8. The summed E-state index contributed by atoms with van der Waals surface area (Å²) in [6.07, 6.45) is 3.24. The van der Waals surface area contributed by atoms with Gasteiger partial charge < -0.3 is 15.5 Å². The van der Waals surface area contributed by atoms with Gasteiger partial charge in [0, 0.05) is 30.8 Å². The summed E-state index contributed by atoms with van der Waals surface area (Å²) < 4.78 is 0. The van der Waals surface area contributed by atoms with Gasteiger partial charge in [0.15, 0.2) is 0 Å². The predicted molar refractivity (Wildman–Crippen MR) is 131 cm³/mol. The highest BCUT2D eigenvalue weighted by molar-refractivity contribution is 5.98. The van der Waals surface area contributed by atoms with Gasteiger partial charge in [-0.05, 0) is 54.7 Å². The van der Waals surface area contributed by atoms with Gasteiger partial charge in [-0.25, -0.2) is 0 Å². The molecule has 174 valence electrons. The van der Waals surface area contributed by atoms with E-state index in [0.717, 1.165) is 31.5 Å². The van der Waals surface area contributed by atoms with Crippen molar-refractivity contribution in [2.24, 2.45) is 0 Å². The maximum atomic E-state index is 13.1. The van der Waals surface area contributed by atoms with Crippen LogP contribution in [-0.4, -0.2) is 35.7 Å². The molecule has 4 rings (SSSR count). The highest BCUT2D eigenvalue weighted by atomic mass is 16.2. The molecule has 1 aliphatic heterocycles. The van der Waals surface area contributed by atoms with E-state index in [0.29, 0.717) is 16.7 Å². The maximum absolute atomic E-state index is 13.1. The first-order valence-corrected chi connectivity index (χ1v) is 11.7. The van der Waals surface area contributed by atoms with Crippen LogP contribution in [0.2, 0.25) is 0 Å². The van der Waals surface area contributed by atoms with Crippen LogP contribution in [0.1, 0.15) is 57.1 Å². The first-order chi connectivity index (χ1) is 16.6. The van der Waals surface area contributed by atoms with Crippen LogP contribution in [0.25, 0.3) is 0 Å². The third kappa shape index (κ3) is 5.90. The summed E-state index contributed by atoms with van der Waals surface area (Å²) in [4.78, 5) is 40.6. The molecule has 6 heteroatoms. The summed E-state index contributed by atoms with van der Waals surface area (Å²) in [5, 5.41) is 5.77. The first kappa shape index (κ1) is 23.2. The Morgan fingerprint density at radius 3 is 2.12 bits per heavy atom. The number of likely N-dealkylation sites (tertiary alicyclic amines) is 1. The number of hydrogen-bond acceptors (Lipinski definition) is 3. The number of carbonyl (C=O) groups excluding carboxylic acids is 3. The Balaban J connectivity index is 1.44. The van der Waals surface area contributed by atoms with Gasteiger partial charge in [-0.1, -0.05) is 60.7 Å². The lowest BCUT2D eigenvalue weighted by Crippen LogP contribution is -2.40. The van der Waals surface area contributed by atoms with Crippen LogP contribution >= 0.6 is 0 Å². The van der Waals surface area contributed by atoms with E-state index in [1.165, 1.54) is 6.42 Å². The molecule has 2 N–H and O–H groups in total. The van der Waals surface area contributed by atoms with Crippen molar-refractivity contribution in [3.05, 3.63) is 107 Å². The Hall–Kier alpha value is -3.93. The standard InChI is InChI=1S/C28H29N3O3/c32-26(23-14-6-2-7-15-23)30-25(22-12-4-1-5-13-22)27(33)29-20-21-11-10-16-24(19-21)28(34)31-17-8-3-9-18-31/h1-2,4-7,10-16,19,25H,3,8-9,17-18,20H2,(H,29,33)(H,30,32). The number of carbonyl (C=O) groups is 3. The third-order valence-corrected chi connectivity index (χ3v) is 5.99. The minimum absolute atomic E-state index is 0.0326. The molecule has 34 heavy (non-hydrogen) atoms. The fraction of sp³-hybridized carbons (Fsp3) is 0.250. The van der Waals surface area contributed by atoms with Crippen LogP contribution in [0.5, 0.6) is 0 Å². The van der Waals surface area contributed by atoms with E-state index in [-0.39, 0.29) is 24.3 Å². The first-order valence-electron chi connectivity index (χ1n) is 11.7. The van der Waals surface area contributed by atoms with Gasteiger partial charge in [0.25, 0.3) is 11.8 Å². The number of nitrogens with zero attached hydrogens (tertiary/aromatic N) is 1. The average Bonchev–Trinajstić information content (AvgIpc) is 2.91. The quantitative estimate of drug-likeness (QED) is 0.563. The number of benzene rings is 3. The summed E-state index contributed by atoms with van der Waals surface area (Å²) >= 11 is 0. The van der Waals surface area contributed by atoms with Crippen molar-refractivity contribution in [1.29, 1.82) is 0 Å². The largest absolute Gasteiger partial charge is 0.350 e. The second-order valence-corrected chi connectivity index (χ2v) is 8.45. The van der Waals surface area contributed by atoms with Crippen molar-refractivity contribution in [2.45, 2.75) is 31.8 Å². The SMILES string of the molecule is O=C(NC(C(=O)NCc1cccc(C(=O)N2CCCCC2)c1)c1ccccc1)c1ccccc1. The average molecular weight is 456 g/mol. The van der Waals surface area contributed by atoms with Crippen molar-refractivity contribution < 1.29 is 14.4 Å². The van der Waals surface area contributed by atoms with Gasteiger partial charge in [-0.2, -0.15) is 0 Å². The Morgan fingerprint density at radius 2 is 1.41 bits per heavy atom. The van der Waals surface area contributed by atoms with E-state index in [1.54, 1.807) is 24.3 Å². The van der Waals surface area contributed by atoms with Gasteiger partial charge >= 0.3 is 0 Å². The number of rotatable bonds is 7. The highest BCUT2D eigenvalue weighted by Crippen LogP contribution is 2.16. The van der Waals surface area contributed by atoms with Crippen LogP contribution in [0.4, 0.5) is 0 Å². The zero-order valence-corrected chi connectivity index (χ0v) is 19.1. The number of piperidine rings is 1. The Morgan fingerprint density at radius 1 is 0.765 bits per heavy atom. The molecule has 0 radical (unpaired) electrons.